The van der Waals surface area contributed by atoms with E-state index in [0.717, 1.165) is 31.5 Å². The molecule has 0 atom stereocenters. The molecule has 1 aromatic carbocycles. The summed E-state index contributed by atoms with van der Waals surface area (Å²) in [5.74, 6) is 1.48. The van der Waals surface area contributed by atoms with Crippen LogP contribution >= 0.6 is 0 Å². The summed E-state index contributed by atoms with van der Waals surface area (Å²) in [5.41, 5.74) is 7.62. The molecule has 5 heteroatoms. The first-order chi connectivity index (χ1) is 10.7. The fourth-order valence-corrected chi connectivity index (χ4v) is 2.87. The molecule has 0 aromatic heterocycles. The third kappa shape index (κ3) is 4.06. The van der Waals surface area contributed by atoms with Crippen LogP contribution in [0.15, 0.2) is 12.1 Å². The first-order valence-corrected chi connectivity index (χ1v) is 7.94. The van der Waals surface area contributed by atoms with Gasteiger partial charge < -0.3 is 20.1 Å². The van der Waals surface area contributed by atoms with Gasteiger partial charge in [0.05, 0.1) is 14.2 Å². The Morgan fingerprint density at radius 2 is 1.68 bits per heavy atom. The lowest BCUT2D eigenvalue weighted by molar-refractivity contribution is -0.131. The number of amides is 1. The number of hydrogen-bond donors (Lipinski definition) is 1. The fraction of sp³-hybridized carbons (Fsp3) is 0.588. The maximum atomic E-state index is 12.3. The van der Waals surface area contributed by atoms with Gasteiger partial charge in [0.2, 0.25) is 5.91 Å². The lowest BCUT2D eigenvalue weighted by atomic mass is 10.1. The minimum atomic E-state index is 0.219. The minimum absolute atomic E-state index is 0.219. The summed E-state index contributed by atoms with van der Waals surface area (Å²) in [5, 5.41) is 0. The number of carbonyl (C=O) groups is 1. The van der Waals surface area contributed by atoms with E-state index in [-0.39, 0.29) is 5.91 Å². The smallest absolute Gasteiger partial charge is 0.222 e. The fourth-order valence-electron chi connectivity index (χ4n) is 2.87. The molecular weight excluding hydrogens is 280 g/mol. The van der Waals surface area contributed by atoms with Crippen LogP contribution in [0.1, 0.15) is 37.7 Å². The average Bonchev–Trinajstić information content (AvgIpc) is 2.82. The molecule has 1 aliphatic heterocycles. The molecule has 0 radical (unpaired) electrons. The molecule has 1 aliphatic rings. The Hall–Kier alpha value is -1.91. The SMILES string of the molecule is COc1cc(N)c(CCC(=O)N2CCCCCC2)cc1OC. The molecule has 1 aromatic rings. The summed E-state index contributed by atoms with van der Waals surface area (Å²) in [6.45, 7) is 1.78. The molecule has 2 rings (SSSR count). The molecule has 0 spiro atoms. The molecule has 1 amide bonds. The number of likely N-dealkylation sites (tertiary alicyclic amines) is 1. The van der Waals surface area contributed by atoms with Crippen molar-refractivity contribution in [2.75, 3.05) is 33.0 Å². The second-order valence-corrected chi connectivity index (χ2v) is 5.70. The predicted octanol–water partition coefficient (Wildman–Crippen LogP) is 2.62. The number of hydrogen-bond acceptors (Lipinski definition) is 4. The lowest BCUT2D eigenvalue weighted by Crippen LogP contribution is -2.31. The quantitative estimate of drug-likeness (QED) is 0.849. The largest absolute Gasteiger partial charge is 0.493 e. The van der Waals surface area contributed by atoms with Crippen molar-refractivity contribution in [1.29, 1.82) is 0 Å². The lowest BCUT2D eigenvalue weighted by Gasteiger charge is -2.20. The predicted molar refractivity (Wildman–Crippen MR) is 87.3 cm³/mol. The van der Waals surface area contributed by atoms with Crippen LogP contribution in [-0.4, -0.2) is 38.1 Å². The molecule has 0 saturated carbocycles. The van der Waals surface area contributed by atoms with Crippen molar-refractivity contribution in [2.45, 2.75) is 38.5 Å². The molecule has 122 valence electrons. The van der Waals surface area contributed by atoms with Crippen LogP contribution < -0.4 is 15.2 Å². The molecule has 1 fully saturated rings. The Labute approximate surface area is 132 Å². The van der Waals surface area contributed by atoms with Crippen molar-refractivity contribution < 1.29 is 14.3 Å². The summed E-state index contributed by atoms with van der Waals surface area (Å²) < 4.78 is 10.5. The molecule has 0 unspecified atom stereocenters. The standard InChI is InChI=1S/C17H26N2O3/c1-21-15-11-13(14(18)12-16(15)22-2)7-8-17(20)19-9-5-3-4-6-10-19/h11-12H,3-10,18H2,1-2H3. The molecule has 0 bridgehead atoms. The number of nitrogen functional groups attached to an aromatic ring is 1. The zero-order valence-corrected chi connectivity index (χ0v) is 13.6. The van der Waals surface area contributed by atoms with Gasteiger partial charge in [-0.1, -0.05) is 12.8 Å². The first-order valence-electron chi connectivity index (χ1n) is 7.94. The van der Waals surface area contributed by atoms with Crippen LogP contribution in [0, 0.1) is 0 Å². The Morgan fingerprint density at radius 3 is 2.27 bits per heavy atom. The van der Waals surface area contributed by atoms with Gasteiger partial charge in [-0.15, -0.1) is 0 Å². The highest BCUT2D eigenvalue weighted by Crippen LogP contribution is 2.32. The highest BCUT2D eigenvalue weighted by Gasteiger charge is 2.16. The first kappa shape index (κ1) is 16.5. The van der Waals surface area contributed by atoms with E-state index >= 15 is 0 Å². The van der Waals surface area contributed by atoms with Crippen LogP contribution in [-0.2, 0) is 11.2 Å². The molecule has 22 heavy (non-hydrogen) atoms. The number of nitrogens with zero attached hydrogens (tertiary/aromatic N) is 1. The van der Waals surface area contributed by atoms with Gasteiger partial charge in [0, 0.05) is 31.3 Å². The number of methoxy groups -OCH3 is 2. The van der Waals surface area contributed by atoms with Gasteiger partial charge in [-0.05, 0) is 30.9 Å². The molecule has 1 heterocycles. The molecule has 5 nitrogen and oxygen atoms in total. The topological polar surface area (TPSA) is 64.8 Å². The Kier molecular flexibility index (Phi) is 5.92. The van der Waals surface area contributed by atoms with Gasteiger partial charge in [-0.25, -0.2) is 0 Å². The molecule has 0 aliphatic carbocycles. The maximum absolute atomic E-state index is 12.3. The van der Waals surface area contributed by atoms with Gasteiger partial charge in [-0.2, -0.15) is 0 Å². The van der Waals surface area contributed by atoms with Gasteiger partial charge >= 0.3 is 0 Å². The Morgan fingerprint density at radius 1 is 1.09 bits per heavy atom. The normalized spacial score (nSPS) is 15.3. The summed E-state index contributed by atoms with van der Waals surface area (Å²) in [7, 11) is 3.18. The van der Waals surface area contributed by atoms with Crippen molar-refractivity contribution in [2.24, 2.45) is 0 Å². The Bertz CT molecular complexity index is 509. The zero-order valence-electron chi connectivity index (χ0n) is 13.6. The third-order valence-corrected chi connectivity index (χ3v) is 4.21. The molecular formula is C17H26N2O3. The van der Waals surface area contributed by atoms with Crippen LogP contribution in [0.3, 0.4) is 0 Å². The highest BCUT2D eigenvalue weighted by atomic mass is 16.5. The van der Waals surface area contributed by atoms with E-state index in [0.29, 0.717) is 30.0 Å². The van der Waals surface area contributed by atoms with E-state index in [1.54, 1.807) is 20.3 Å². The van der Waals surface area contributed by atoms with E-state index in [1.807, 2.05) is 11.0 Å². The van der Waals surface area contributed by atoms with Gasteiger partial charge in [0.25, 0.3) is 0 Å². The van der Waals surface area contributed by atoms with Gasteiger partial charge in [0.1, 0.15) is 0 Å². The van der Waals surface area contributed by atoms with E-state index in [4.69, 9.17) is 15.2 Å². The van der Waals surface area contributed by atoms with Crippen LogP contribution in [0.2, 0.25) is 0 Å². The number of ether oxygens (including phenoxy) is 2. The minimum Gasteiger partial charge on any atom is -0.493 e. The summed E-state index contributed by atoms with van der Waals surface area (Å²) in [4.78, 5) is 14.3. The second kappa shape index (κ2) is 7.92. The van der Waals surface area contributed by atoms with Crippen molar-refractivity contribution in [3.05, 3.63) is 17.7 Å². The number of nitrogens with two attached hydrogens (primary N) is 1. The van der Waals surface area contributed by atoms with E-state index in [9.17, 15) is 4.79 Å². The van der Waals surface area contributed by atoms with Gasteiger partial charge in [-0.3, -0.25) is 4.79 Å². The molecule has 2 N–H and O–H groups in total. The van der Waals surface area contributed by atoms with Crippen molar-refractivity contribution in [3.8, 4) is 11.5 Å². The van der Waals surface area contributed by atoms with Crippen molar-refractivity contribution in [3.63, 3.8) is 0 Å². The van der Waals surface area contributed by atoms with Crippen molar-refractivity contribution >= 4 is 11.6 Å². The third-order valence-electron chi connectivity index (χ3n) is 4.21. The second-order valence-electron chi connectivity index (χ2n) is 5.70. The van der Waals surface area contributed by atoms with Crippen LogP contribution in [0.25, 0.3) is 0 Å². The van der Waals surface area contributed by atoms with E-state index in [1.165, 1.54) is 12.8 Å². The van der Waals surface area contributed by atoms with E-state index in [2.05, 4.69) is 0 Å². The summed E-state index contributed by atoms with van der Waals surface area (Å²) >= 11 is 0. The zero-order chi connectivity index (χ0) is 15.9. The highest BCUT2D eigenvalue weighted by molar-refractivity contribution is 5.77. The number of aryl methyl sites for hydroxylation is 1. The average molecular weight is 306 g/mol. The number of rotatable bonds is 5. The summed E-state index contributed by atoms with van der Waals surface area (Å²) in [6, 6.07) is 3.62. The number of carbonyl (C=O) groups excluding carboxylic acids is 1. The van der Waals surface area contributed by atoms with Gasteiger partial charge in [0.15, 0.2) is 11.5 Å². The van der Waals surface area contributed by atoms with Crippen molar-refractivity contribution in [1.82, 2.24) is 4.90 Å². The summed E-state index contributed by atoms with van der Waals surface area (Å²) in [6.07, 6.45) is 5.80. The monoisotopic (exact) mass is 306 g/mol. The number of benzene rings is 1. The van der Waals surface area contributed by atoms with E-state index < -0.39 is 0 Å². The van der Waals surface area contributed by atoms with Crippen LogP contribution in [0.5, 0.6) is 11.5 Å². The van der Waals surface area contributed by atoms with Crippen LogP contribution in [0.4, 0.5) is 5.69 Å². The number of anilines is 1. The maximum Gasteiger partial charge on any atom is 0.222 e. The Balaban J connectivity index is 1.99. The molecule has 1 saturated heterocycles.